The van der Waals surface area contributed by atoms with Gasteiger partial charge < -0.3 is 10.2 Å². The maximum Gasteiger partial charge on any atom is 0.289 e. The van der Waals surface area contributed by atoms with E-state index in [1.54, 1.807) is 4.90 Å². The van der Waals surface area contributed by atoms with Gasteiger partial charge in [0.05, 0.1) is 0 Å². The lowest BCUT2D eigenvalue weighted by atomic mass is 10.1. The molecular formula is C18H22N2O3. The zero-order valence-corrected chi connectivity index (χ0v) is 13.2. The van der Waals surface area contributed by atoms with Gasteiger partial charge in [0, 0.05) is 19.5 Å². The van der Waals surface area contributed by atoms with Crippen LogP contribution in [0, 0.1) is 5.92 Å². The van der Waals surface area contributed by atoms with Gasteiger partial charge in [0.1, 0.15) is 6.04 Å². The van der Waals surface area contributed by atoms with E-state index in [4.69, 9.17) is 0 Å². The second-order valence-corrected chi connectivity index (χ2v) is 6.39. The first-order chi connectivity index (χ1) is 11.1. The lowest BCUT2D eigenvalue weighted by Gasteiger charge is -2.23. The molecule has 0 aromatic heterocycles. The quantitative estimate of drug-likeness (QED) is 0.772. The Hall–Kier alpha value is -2.17. The van der Waals surface area contributed by atoms with Crippen molar-refractivity contribution in [3.63, 3.8) is 0 Å². The molecule has 2 aliphatic rings. The SMILES string of the molecule is O=C(NCC1CC1)C(=O)C1CCC(=O)N1CCc1ccccc1. The Morgan fingerprint density at radius 1 is 1.13 bits per heavy atom. The fourth-order valence-electron chi connectivity index (χ4n) is 2.98. The number of rotatable bonds is 7. The number of carbonyl (C=O) groups excluding carboxylic acids is 3. The Bertz CT molecular complexity index is 596. The Balaban J connectivity index is 1.57. The second kappa shape index (κ2) is 6.94. The van der Waals surface area contributed by atoms with E-state index in [1.807, 2.05) is 30.3 Å². The van der Waals surface area contributed by atoms with E-state index in [0.29, 0.717) is 38.3 Å². The summed E-state index contributed by atoms with van der Waals surface area (Å²) in [7, 11) is 0. The van der Waals surface area contributed by atoms with Gasteiger partial charge in [0.25, 0.3) is 5.91 Å². The highest BCUT2D eigenvalue weighted by Gasteiger charge is 2.38. The highest BCUT2D eigenvalue weighted by molar-refractivity contribution is 6.38. The summed E-state index contributed by atoms with van der Waals surface area (Å²) >= 11 is 0. The number of likely N-dealkylation sites (tertiary alicyclic amines) is 1. The summed E-state index contributed by atoms with van der Waals surface area (Å²) in [6.45, 7) is 1.06. The molecule has 1 aromatic carbocycles. The van der Waals surface area contributed by atoms with Crippen LogP contribution < -0.4 is 5.32 Å². The van der Waals surface area contributed by atoms with E-state index in [0.717, 1.165) is 18.4 Å². The third kappa shape index (κ3) is 3.97. The van der Waals surface area contributed by atoms with Crippen LogP contribution in [0.3, 0.4) is 0 Å². The van der Waals surface area contributed by atoms with Crippen molar-refractivity contribution in [2.45, 2.75) is 38.1 Å². The molecule has 1 N–H and O–H groups in total. The second-order valence-electron chi connectivity index (χ2n) is 6.39. The van der Waals surface area contributed by atoms with Gasteiger partial charge >= 0.3 is 0 Å². The smallest absolute Gasteiger partial charge is 0.289 e. The van der Waals surface area contributed by atoms with Crippen molar-refractivity contribution >= 4 is 17.6 Å². The van der Waals surface area contributed by atoms with Crippen LogP contribution in [0.2, 0.25) is 0 Å². The molecule has 1 aromatic rings. The molecule has 1 saturated carbocycles. The van der Waals surface area contributed by atoms with Gasteiger partial charge in [-0.2, -0.15) is 0 Å². The van der Waals surface area contributed by atoms with Crippen LogP contribution in [0.15, 0.2) is 30.3 Å². The molecule has 0 bridgehead atoms. The van der Waals surface area contributed by atoms with Gasteiger partial charge in [-0.25, -0.2) is 0 Å². The van der Waals surface area contributed by atoms with Gasteiger partial charge in [0.15, 0.2) is 0 Å². The van der Waals surface area contributed by atoms with Crippen molar-refractivity contribution in [3.8, 4) is 0 Å². The molecule has 1 unspecified atom stereocenters. The Morgan fingerprint density at radius 2 is 1.87 bits per heavy atom. The first kappa shape index (κ1) is 15.7. The number of nitrogens with one attached hydrogen (secondary N) is 1. The van der Waals surface area contributed by atoms with Crippen LogP contribution in [-0.2, 0) is 20.8 Å². The van der Waals surface area contributed by atoms with Crippen LogP contribution in [-0.4, -0.2) is 41.6 Å². The number of ketones is 1. The minimum absolute atomic E-state index is 0.0331. The van der Waals surface area contributed by atoms with Crippen LogP contribution in [0.25, 0.3) is 0 Å². The molecule has 23 heavy (non-hydrogen) atoms. The van der Waals surface area contributed by atoms with Gasteiger partial charge in [-0.05, 0) is 37.2 Å². The zero-order valence-electron chi connectivity index (χ0n) is 13.2. The molecule has 1 heterocycles. The van der Waals surface area contributed by atoms with E-state index in [1.165, 1.54) is 0 Å². The number of amides is 2. The molecule has 1 aliphatic heterocycles. The number of benzene rings is 1. The first-order valence-corrected chi connectivity index (χ1v) is 8.30. The van der Waals surface area contributed by atoms with Crippen LogP contribution in [0.5, 0.6) is 0 Å². The third-order valence-electron chi connectivity index (χ3n) is 4.59. The summed E-state index contributed by atoms with van der Waals surface area (Å²) < 4.78 is 0. The number of hydrogen-bond acceptors (Lipinski definition) is 3. The van der Waals surface area contributed by atoms with Gasteiger partial charge in [0.2, 0.25) is 11.7 Å². The van der Waals surface area contributed by atoms with Crippen molar-refractivity contribution < 1.29 is 14.4 Å². The van der Waals surface area contributed by atoms with Crippen molar-refractivity contribution in [2.24, 2.45) is 5.92 Å². The Labute approximate surface area is 136 Å². The molecule has 3 rings (SSSR count). The molecule has 5 nitrogen and oxygen atoms in total. The van der Waals surface area contributed by atoms with Gasteiger partial charge in [-0.3, -0.25) is 14.4 Å². The van der Waals surface area contributed by atoms with Crippen LogP contribution in [0.1, 0.15) is 31.2 Å². The topological polar surface area (TPSA) is 66.5 Å². The first-order valence-electron chi connectivity index (χ1n) is 8.30. The summed E-state index contributed by atoms with van der Waals surface area (Å²) in [6, 6.07) is 9.26. The predicted molar refractivity (Wildman–Crippen MR) is 85.6 cm³/mol. The fourth-order valence-corrected chi connectivity index (χ4v) is 2.98. The standard InChI is InChI=1S/C18H22N2O3/c21-16-9-8-15(17(22)18(23)19-12-14-6-7-14)20(16)11-10-13-4-2-1-3-5-13/h1-5,14-15H,6-12H2,(H,19,23). The molecular weight excluding hydrogens is 292 g/mol. The molecule has 2 amide bonds. The average Bonchev–Trinajstić information content (AvgIpc) is 3.33. The summed E-state index contributed by atoms with van der Waals surface area (Å²) in [4.78, 5) is 38.0. The molecule has 1 atom stereocenters. The van der Waals surface area contributed by atoms with Crippen molar-refractivity contribution in [1.82, 2.24) is 10.2 Å². The summed E-state index contributed by atoms with van der Waals surface area (Å²) in [6.07, 6.45) is 3.74. The molecule has 2 fully saturated rings. The molecule has 1 aliphatic carbocycles. The maximum atomic E-state index is 12.3. The van der Waals surface area contributed by atoms with Crippen molar-refractivity contribution in [1.29, 1.82) is 0 Å². The van der Waals surface area contributed by atoms with Gasteiger partial charge in [-0.1, -0.05) is 30.3 Å². The maximum absolute atomic E-state index is 12.3. The number of Topliss-reactive ketones (excluding diaryl/α,β-unsaturated/α-hetero) is 1. The minimum atomic E-state index is -0.592. The summed E-state index contributed by atoms with van der Waals surface area (Å²) in [5, 5.41) is 2.70. The van der Waals surface area contributed by atoms with E-state index >= 15 is 0 Å². The van der Waals surface area contributed by atoms with Crippen molar-refractivity contribution in [2.75, 3.05) is 13.1 Å². The Kier molecular flexibility index (Phi) is 4.74. The van der Waals surface area contributed by atoms with Crippen molar-refractivity contribution in [3.05, 3.63) is 35.9 Å². The average molecular weight is 314 g/mol. The summed E-state index contributed by atoms with van der Waals surface area (Å²) in [5.74, 6) is -0.508. The molecule has 5 heteroatoms. The van der Waals surface area contributed by atoms with Gasteiger partial charge in [-0.15, -0.1) is 0 Å². The summed E-state index contributed by atoms with van der Waals surface area (Å²) in [5.41, 5.74) is 1.12. The molecule has 0 spiro atoms. The van der Waals surface area contributed by atoms with Crippen LogP contribution in [0.4, 0.5) is 0 Å². The fraction of sp³-hybridized carbons (Fsp3) is 0.500. The largest absolute Gasteiger partial charge is 0.349 e. The van der Waals surface area contributed by atoms with Crippen LogP contribution >= 0.6 is 0 Å². The van der Waals surface area contributed by atoms with E-state index < -0.39 is 17.7 Å². The third-order valence-corrected chi connectivity index (χ3v) is 4.59. The molecule has 0 radical (unpaired) electrons. The van der Waals surface area contributed by atoms with E-state index in [9.17, 15) is 14.4 Å². The Morgan fingerprint density at radius 3 is 2.57 bits per heavy atom. The number of nitrogens with zero attached hydrogens (tertiary/aromatic N) is 1. The highest BCUT2D eigenvalue weighted by atomic mass is 16.2. The minimum Gasteiger partial charge on any atom is -0.349 e. The van der Waals surface area contributed by atoms with E-state index in [-0.39, 0.29) is 5.91 Å². The number of carbonyl (C=O) groups is 3. The predicted octanol–water partition coefficient (Wildman–Crippen LogP) is 1.32. The highest BCUT2D eigenvalue weighted by Crippen LogP contribution is 2.27. The lowest BCUT2D eigenvalue weighted by Crippen LogP contribution is -2.46. The molecule has 122 valence electrons. The molecule has 1 saturated heterocycles. The number of hydrogen-bond donors (Lipinski definition) is 1. The lowest BCUT2D eigenvalue weighted by molar-refractivity contribution is -0.142. The van der Waals surface area contributed by atoms with E-state index in [2.05, 4.69) is 5.32 Å². The zero-order chi connectivity index (χ0) is 16.2. The normalized spacial score (nSPS) is 20.6. The monoisotopic (exact) mass is 314 g/mol.